The first-order valence-corrected chi connectivity index (χ1v) is 11.0. The minimum absolute atomic E-state index is 0.0378. The molecule has 1 heterocycles. The molecule has 1 saturated heterocycles. The monoisotopic (exact) mass is 348 g/mol. The van der Waals surface area contributed by atoms with Crippen molar-refractivity contribution in [1.29, 1.82) is 0 Å². The van der Waals surface area contributed by atoms with Crippen molar-refractivity contribution >= 4 is 14.4 Å². The number of hydrogen-bond acceptors (Lipinski definition) is 4. The summed E-state index contributed by atoms with van der Waals surface area (Å²) in [6.07, 6.45) is -0.497. The van der Waals surface area contributed by atoms with E-state index in [1.807, 2.05) is 0 Å². The van der Waals surface area contributed by atoms with Crippen LogP contribution in [0.25, 0.3) is 0 Å². The van der Waals surface area contributed by atoms with E-state index in [1.165, 1.54) is 4.90 Å². The van der Waals surface area contributed by atoms with Gasteiger partial charge in [0.15, 0.2) is 14.0 Å². The minimum Gasteiger partial charge on any atom is -0.444 e. The van der Waals surface area contributed by atoms with Crippen LogP contribution in [0.5, 0.6) is 0 Å². The maximum atomic E-state index is 14.8. The summed E-state index contributed by atoms with van der Waals surface area (Å²) in [4.78, 5) is 13.2. The normalized spacial score (nSPS) is 20.0. The van der Waals surface area contributed by atoms with Crippen molar-refractivity contribution in [2.45, 2.75) is 77.0 Å². The number of nitrogens with zero attached hydrogens (tertiary/aromatic N) is 1. The van der Waals surface area contributed by atoms with Gasteiger partial charge in [0, 0.05) is 0 Å². The van der Waals surface area contributed by atoms with Gasteiger partial charge in [-0.05, 0) is 38.9 Å². The van der Waals surface area contributed by atoms with Gasteiger partial charge in [0.2, 0.25) is 0 Å². The molecule has 0 aromatic rings. The molecule has 23 heavy (non-hydrogen) atoms. The summed E-state index contributed by atoms with van der Waals surface area (Å²) in [6.45, 7) is 16.1. The molecule has 0 radical (unpaired) electrons. The molecule has 2 N–H and O–H groups in total. The summed E-state index contributed by atoms with van der Waals surface area (Å²) in [7, 11) is -1.96. The van der Waals surface area contributed by atoms with E-state index in [-0.39, 0.29) is 24.7 Å². The fourth-order valence-corrected chi connectivity index (χ4v) is 2.97. The zero-order chi connectivity index (χ0) is 18.3. The van der Waals surface area contributed by atoms with Gasteiger partial charge < -0.3 is 19.8 Å². The molecule has 0 saturated carbocycles. The fraction of sp³-hybridized carbons (Fsp3) is 0.938. The lowest BCUT2D eigenvalue weighted by atomic mass is 9.89. The van der Waals surface area contributed by atoms with E-state index in [9.17, 15) is 9.18 Å². The number of rotatable bonds is 4. The number of nitrogens with two attached hydrogens (primary N) is 1. The van der Waals surface area contributed by atoms with Gasteiger partial charge in [0.05, 0.1) is 25.7 Å². The number of amides is 1. The van der Waals surface area contributed by atoms with Crippen molar-refractivity contribution < 1.29 is 18.3 Å². The van der Waals surface area contributed by atoms with Crippen LogP contribution in [0.2, 0.25) is 18.1 Å². The standard InChI is InChI=1S/C16H33FN2O3Si/c1-14(2,3)22-13(20)19-10-16(17,11-19)12(18)9-21-23(7,8)15(4,5)6/h12H,9-11,18H2,1-8H3. The average Bonchev–Trinajstić information content (AvgIpc) is 2.28. The van der Waals surface area contributed by atoms with Crippen LogP contribution in [0.15, 0.2) is 0 Å². The highest BCUT2D eigenvalue weighted by Crippen LogP contribution is 2.37. The van der Waals surface area contributed by atoms with Crippen LogP contribution in [0, 0.1) is 0 Å². The Labute approximate surface area is 140 Å². The van der Waals surface area contributed by atoms with Gasteiger partial charge in [0.25, 0.3) is 0 Å². The SMILES string of the molecule is CC(C)(C)OC(=O)N1CC(F)(C(N)CO[Si](C)(C)C(C)(C)C)C1. The predicted molar refractivity (Wildman–Crippen MR) is 92.8 cm³/mol. The molecule has 1 aliphatic heterocycles. The van der Waals surface area contributed by atoms with Crippen LogP contribution < -0.4 is 5.73 Å². The molecule has 0 bridgehead atoms. The largest absolute Gasteiger partial charge is 0.444 e. The molecular formula is C16H33FN2O3Si. The summed E-state index contributed by atoms with van der Waals surface area (Å²) in [5, 5.41) is 0.0539. The predicted octanol–water partition coefficient (Wildman–Crippen LogP) is 3.29. The Morgan fingerprint density at radius 3 is 2.13 bits per heavy atom. The molecule has 1 atom stereocenters. The molecule has 7 heteroatoms. The van der Waals surface area contributed by atoms with Crippen LogP contribution >= 0.6 is 0 Å². The Morgan fingerprint density at radius 1 is 1.26 bits per heavy atom. The molecule has 0 spiro atoms. The molecule has 1 unspecified atom stereocenters. The molecule has 0 aliphatic carbocycles. The topological polar surface area (TPSA) is 64.8 Å². The number of carbonyl (C=O) groups excluding carboxylic acids is 1. The lowest BCUT2D eigenvalue weighted by Crippen LogP contribution is -2.70. The van der Waals surface area contributed by atoms with Crippen LogP contribution in [-0.4, -0.2) is 56.3 Å². The number of ether oxygens (including phenoxy) is 1. The Morgan fingerprint density at radius 2 is 1.74 bits per heavy atom. The smallest absolute Gasteiger partial charge is 0.410 e. The van der Waals surface area contributed by atoms with Gasteiger partial charge in [0.1, 0.15) is 5.60 Å². The van der Waals surface area contributed by atoms with Gasteiger partial charge in [-0.3, -0.25) is 0 Å². The third kappa shape index (κ3) is 5.16. The van der Waals surface area contributed by atoms with Gasteiger partial charge >= 0.3 is 6.09 Å². The number of alkyl halides is 1. The highest BCUT2D eigenvalue weighted by molar-refractivity contribution is 6.74. The van der Waals surface area contributed by atoms with Crippen molar-refractivity contribution in [1.82, 2.24) is 4.90 Å². The van der Waals surface area contributed by atoms with Crippen LogP contribution in [0.1, 0.15) is 41.5 Å². The third-order valence-electron chi connectivity index (χ3n) is 4.65. The third-order valence-corrected chi connectivity index (χ3v) is 9.15. The van der Waals surface area contributed by atoms with Crippen molar-refractivity contribution in [3.8, 4) is 0 Å². The summed E-state index contributed by atoms with van der Waals surface area (Å²) >= 11 is 0. The molecule has 0 aromatic heterocycles. The fourth-order valence-electron chi connectivity index (χ4n) is 1.94. The second-order valence-corrected chi connectivity index (χ2v) is 13.9. The minimum atomic E-state index is -1.96. The number of hydrogen-bond donors (Lipinski definition) is 1. The van der Waals surface area contributed by atoms with Crippen LogP contribution in [-0.2, 0) is 9.16 Å². The molecule has 5 nitrogen and oxygen atoms in total. The van der Waals surface area contributed by atoms with Crippen molar-refractivity contribution in [3.63, 3.8) is 0 Å². The van der Waals surface area contributed by atoms with E-state index >= 15 is 0 Å². The zero-order valence-corrected chi connectivity index (χ0v) is 16.8. The van der Waals surface area contributed by atoms with Crippen molar-refractivity contribution in [2.75, 3.05) is 19.7 Å². The second kappa shape index (κ2) is 6.33. The lowest BCUT2D eigenvalue weighted by molar-refractivity contribution is -0.0679. The summed E-state index contributed by atoms with van der Waals surface area (Å²) in [5.41, 5.74) is 3.81. The summed E-state index contributed by atoms with van der Waals surface area (Å²) < 4.78 is 26.0. The van der Waals surface area contributed by atoms with Crippen LogP contribution in [0.4, 0.5) is 9.18 Å². The number of carbonyl (C=O) groups is 1. The Kier molecular flexibility index (Phi) is 5.61. The Bertz CT molecular complexity index is 438. The van der Waals surface area contributed by atoms with E-state index in [4.69, 9.17) is 14.9 Å². The van der Waals surface area contributed by atoms with Gasteiger partial charge in [-0.2, -0.15) is 0 Å². The van der Waals surface area contributed by atoms with Crippen molar-refractivity contribution in [2.24, 2.45) is 5.73 Å². The summed E-state index contributed by atoms with van der Waals surface area (Å²) in [5.74, 6) is 0. The van der Waals surface area contributed by atoms with Crippen molar-refractivity contribution in [3.05, 3.63) is 0 Å². The maximum Gasteiger partial charge on any atom is 0.410 e. The zero-order valence-electron chi connectivity index (χ0n) is 15.8. The van der Waals surface area contributed by atoms with E-state index in [1.54, 1.807) is 20.8 Å². The molecular weight excluding hydrogens is 315 g/mol. The first-order chi connectivity index (χ1) is 10.1. The van der Waals surface area contributed by atoms with E-state index < -0.39 is 31.7 Å². The molecule has 0 aromatic carbocycles. The average molecular weight is 349 g/mol. The van der Waals surface area contributed by atoms with Crippen LogP contribution in [0.3, 0.4) is 0 Å². The van der Waals surface area contributed by atoms with Gasteiger partial charge in [-0.25, -0.2) is 9.18 Å². The second-order valence-electron chi connectivity index (χ2n) is 9.05. The Hall–Kier alpha value is -0.663. The number of likely N-dealkylation sites (tertiary alicyclic amines) is 1. The highest BCUT2D eigenvalue weighted by Gasteiger charge is 2.52. The number of halogens is 1. The van der Waals surface area contributed by atoms with Gasteiger partial charge in [-0.15, -0.1) is 0 Å². The Balaban J connectivity index is 2.51. The molecule has 1 rings (SSSR count). The molecule has 1 fully saturated rings. The molecule has 1 aliphatic rings. The highest BCUT2D eigenvalue weighted by atomic mass is 28.4. The van der Waals surface area contributed by atoms with E-state index in [0.29, 0.717) is 0 Å². The molecule has 1 amide bonds. The van der Waals surface area contributed by atoms with E-state index in [0.717, 1.165) is 0 Å². The quantitative estimate of drug-likeness (QED) is 0.792. The first-order valence-electron chi connectivity index (χ1n) is 8.14. The maximum absolute atomic E-state index is 14.8. The molecule has 136 valence electrons. The van der Waals surface area contributed by atoms with Gasteiger partial charge in [-0.1, -0.05) is 20.8 Å². The lowest BCUT2D eigenvalue weighted by Gasteiger charge is -2.48. The first kappa shape index (κ1) is 20.4. The van der Waals surface area contributed by atoms with E-state index in [2.05, 4.69) is 33.9 Å². The summed E-state index contributed by atoms with van der Waals surface area (Å²) in [6, 6.07) is -0.740.